The summed E-state index contributed by atoms with van der Waals surface area (Å²) in [5.74, 6) is 0.325. The predicted octanol–water partition coefficient (Wildman–Crippen LogP) is 2.43. The summed E-state index contributed by atoms with van der Waals surface area (Å²) in [7, 11) is 5.58. The van der Waals surface area contributed by atoms with Crippen LogP contribution in [0, 0.1) is 10.1 Å². The average molecular weight is 417 g/mol. The molecule has 1 fully saturated rings. The molecule has 0 bridgehead atoms. The molecule has 1 saturated heterocycles. The molecule has 0 radical (unpaired) electrons. The van der Waals surface area contributed by atoms with E-state index in [9.17, 15) is 19.7 Å². The first-order chi connectivity index (χ1) is 14.4. The van der Waals surface area contributed by atoms with Gasteiger partial charge in [-0.05, 0) is 29.8 Å². The normalized spacial score (nSPS) is 15.6. The number of anilines is 1. The highest BCUT2D eigenvalue weighted by atomic mass is 16.6. The molecule has 1 unspecified atom stereocenters. The molecule has 30 heavy (non-hydrogen) atoms. The molecule has 1 N–H and O–H groups in total. The topological polar surface area (TPSA) is 129 Å². The van der Waals surface area contributed by atoms with Crippen LogP contribution in [0.5, 0.6) is 23.0 Å². The second kappa shape index (κ2) is 8.15. The number of nitro benzene ring substituents is 1. The number of carbonyl (C=O) groups is 2. The van der Waals surface area contributed by atoms with E-state index in [2.05, 4.69) is 5.32 Å². The van der Waals surface area contributed by atoms with E-state index in [0.717, 1.165) is 4.90 Å². The Morgan fingerprint density at radius 1 is 0.933 bits per heavy atom. The second-order valence-electron chi connectivity index (χ2n) is 6.14. The molecule has 1 heterocycles. The number of rotatable bonds is 7. The number of urea groups is 1. The molecule has 3 amide bonds. The van der Waals surface area contributed by atoms with E-state index in [1.54, 1.807) is 0 Å². The Morgan fingerprint density at radius 2 is 1.53 bits per heavy atom. The van der Waals surface area contributed by atoms with E-state index in [-0.39, 0.29) is 17.1 Å². The third-order valence-electron chi connectivity index (χ3n) is 4.60. The average Bonchev–Trinajstić information content (AvgIpc) is 3.05. The van der Waals surface area contributed by atoms with Crippen molar-refractivity contribution in [1.29, 1.82) is 0 Å². The Bertz CT molecular complexity index is 998. The molecular weight excluding hydrogens is 398 g/mol. The van der Waals surface area contributed by atoms with E-state index in [1.165, 1.54) is 58.8 Å². The van der Waals surface area contributed by atoms with Crippen LogP contribution in [0.1, 0.15) is 11.6 Å². The Morgan fingerprint density at radius 3 is 2.03 bits per heavy atom. The molecule has 0 aromatic heterocycles. The van der Waals surface area contributed by atoms with Crippen molar-refractivity contribution >= 4 is 23.3 Å². The van der Waals surface area contributed by atoms with Gasteiger partial charge in [-0.25, -0.2) is 4.79 Å². The van der Waals surface area contributed by atoms with Crippen molar-refractivity contribution in [3.8, 4) is 23.0 Å². The number of amides is 3. The first-order valence-electron chi connectivity index (χ1n) is 8.62. The number of carbonyl (C=O) groups excluding carboxylic acids is 2. The monoisotopic (exact) mass is 417 g/mol. The minimum absolute atomic E-state index is 0.0269. The molecule has 11 heteroatoms. The van der Waals surface area contributed by atoms with Crippen LogP contribution >= 0.6 is 0 Å². The molecular formula is C19H19N3O8. The van der Waals surface area contributed by atoms with Crippen molar-refractivity contribution in [2.45, 2.75) is 6.04 Å². The largest absolute Gasteiger partial charge is 0.493 e. The Balaban J connectivity index is 2.15. The molecule has 158 valence electrons. The summed E-state index contributed by atoms with van der Waals surface area (Å²) in [6.07, 6.45) is 0. The van der Waals surface area contributed by atoms with Gasteiger partial charge in [0.05, 0.1) is 39.0 Å². The maximum absolute atomic E-state index is 12.6. The van der Waals surface area contributed by atoms with E-state index >= 15 is 0 Å². The molecule has 2 aromatic carbocycles. The molecule has 3 rings (SSSR count). The summed E-state index contributed by atoms with van der Waals surface area (Å²) in [6, 6.07) is 5.22. The van der Waals surface area contributed by atoms with Gasteiger partial charge in [0, 0.05) is 6.07 Å². The van der Waals surface area contributed by atoms with Crippen LogP contribution in [0.2, 0.25) is 0 Å². The second-order valence-corrected chi connectivity index (χ2v) is 6.14. The number of ether oxygens (including phenoxy) is 4. The summed E-state index contributed by atoms with van der Waals surface area (Å²) in [5, 5.41) is 13.6. The van der Waals surface area contributed by atoms with E-state index in [1.807, 2.05) is 0 Å². The number of imide groups is 1. The van der Waals surface area contributed by atoms with E-state index in [4.69, 9.17) is 18.9 Å². The Hall–Kier alpha value is -4.02. The molecule has 1 aliphatic rings. The van der Waals surface area contributed by atoms with Crippen LogP contribution in [0.25, 0.3) is 0 Å². The summed E-state index contributed by atoms with van der Waals surface area (Å²) >= 11 is 0. The van der Waals surface area contributed by atoms with Gasteiger partial charge in [-0.2, -0.15) is 0 Å². The van der Waals surface area contributed by atoms with Gasteiger partial charge in [-0.15, -0.1) is 0 Å². The van der Waals surface area contributed by atoms with Gasteiger partial charge in [-0.1, -0.05) is 0 Å². The van der Waals surface area contributed by atoms with Crippen LogP contribution in [0.4, 0.5) is 16.2 Å². The Labute approximate surface area is 171 Å². The van der Waals surface area contributed by atoms with Crippen LogP contribution in [-0.4, -0.2) is 45.3 Å². The fraction of sp³-hybridized carbons (Fsp3) is 0.263. The highest BCUT2D eigenvalue weighted by molar-refractivity contribution is 6.14. The minimum Gasteiger partial charge on any atom is -0.493 e. The standard InChI is InChI=1S/C19H19N3O8/c1-27-13-6-5-11(9-12(13)22(25)26)21-16(18(23)20-19(21)24)10-7-14(28-2)17(30-4)15(8-10)29-3/h5-9,16H,1-4H3,(H,20,23,24). The lowest BCUT2D eigenvalue weighted by atomic mass is 10.0. The van der Waals surface area contributed by atoms with E-state index < -0.39 is 22.9 Å². The quantitative estimate of drug-likeness (QED) is 0.413. The van der Waals surface area contributed by atoms with Crippen molar-refractivity contribution in [3.05, 3.63) is 46.0 Å². The summed E-state index contributed by atoms with van der Waals surface area (Å²) < 4.78 is 20.9. The first-order valence-corrected chi connectivity index (χ1v) is 8.62. The molecule has 1 aliphatic heterocycles. The lowest BCUT2D eigenvalue weighted by molar-refractivity contribution is -0.385. The maximum Gasteiger partial charge on any atom is 0.329 e. The molecule has 2 aromatic rings. The SMILES string of the molecule is COc1ccc(N2C(=O)NC(=O)C2c2cc(OC)c(OC)c(OC)c2)cc1[N+](=O)[O-]. The van der Waals surface area contributed by atoms with Crippen LogP contribution in [-0.2, 0) is 4.79 Å². The molecule has 1 atom stereocenters. The van der Waals surface area contributed by atoms with Gasteiger partial charge < -0.3 is 18.9 Å². The zero-order chi connectivity index (χ0) is 22.0. The fourth-order valence-corrected chi connectivity index (χ4v) is 3.27. The number of hydrogen-bond acceptors (Lipinski definition) is 8. The minimum atomic E-state index is -1.11. The zero-order valence-corrected chi connectivity index (χ0v) is 16.6. The van der Waals surface area contributed by atoms with Gasteiger partial charge in [0.15, 0.2) is 17.2 Å². The van der Waals surface area contributed by atoms with E-state index in [0.29, 0.717) is 22.8 Å². The van der Waals surface area contributed by atoms with Crippen LogP contribution in [0.3, 0.4) is 0 Å². The fourth-order valence-electron chi connectivity index (χ4n) is 3.27. The molecule has 0 aliphatic carbocycles. The number of nitro groups is 1. The van der Waals surface area contributed by atoms with Crippen molar-refractivity contribution < 1.29 is 33.5 Å². The lowest BCUT2D eigenvalue weighted by Gasteiger charge is -2.23. The number of nitrogens with one attached hydrogen (secondary N) is 1. The number of nitrogens with zero attached hydrogens (tertiary/aromatic N) is 2. The Kier molecular flexibility index (Phi) is 5.63. The van der Waals surface area contributed by atoms with Crippen molar-refractivity contribution in [2.75, 3.05) is 33.3 Å². The molecule has 0 saturated carbocycles. The number of methoxy groups -OCH3 is 4. The highest BCUT2D eigenvalue weighted by Crippen LogP contribution is 2.43. The van der Waals surface area contributed by atoms with Crippen molar-refractivity contribution in [3.63, 3.8) is 0 Å². The smallest absolute Gasteiger partial charge is 0.329 e. The summed E-state index contributed by atoms with van der Waals surface area (Å²) in [4.78, 5) is 37.0. The number of benzene rings is 2. The zero-order valence-electron chi connectivity index (χ0n) is 16.6. The third-order valence-corrected chi connectivity index (χ3v) is 4.60. The third kappa shape index (κ3) is 3.41. The molecule has 11 nitrogen and oxygen atoms in total. The highest BCUT2D eigenvalue weighted by Gasteiger charge is 2.42. The van der Waals surface area contributed by atoms with Crippen molar-refractivity contribution in [2.24, 2.45) is 0 Å². The van der Waals surface area contributed by atoms with Gasteiger partial charge in [0.25, 0.3) is 5.91 Å². The summed E-state index contributed by atoms with van der Waals surface area (Å²) in [6.45, 7) is 0. The van der Waals surface area contributed by atoms with Crippen molar-refractivity contribution in [1.82, 2.24) is 5.32 Å². The first kappa shape index (κ1) is 20.7. The number of hydrogen-bond donors (Lipinski definition) is 1. The van der Waals surface area contributed by atoms with Gasteiger partial charge in [0.1, 0.15) is 6.04 Å². The summed E-state index contributed by atoms with van der Waals surface area (Å²) in [5.41, 5.74) is 0.168. The maximum atomic E-state index is 12.6. The van der Waals surface area contributed by atoms with Crippen LogP contribution < -0.4 is 29.2 Å². The van der Waals surface area contributed by atoms with Gasteiger partial charge >= 0.3 is 11.7 Å². The predicted molar refractivity (Wildman–Crippen MR) is 105 cm³/mol. The van der Waals surface area contributed by atoms with Gasteiger partial charge in [0.2, 0.25) is 5.75 Å². The molecule has 0 spiro atoms. The van der Waals surface area contributed by atoms with Gasteiger partial charge in [-0.3, -0.25) is 25.1 Å². The van der Waals surface area contributed by atoms with Crippen LogP contribution in [0.15, 0.2) is 30.3 Å². The lowest BCUT2D eigenvalue weighted by Crippen LogP contribution is -2.29.